The standard InChI is InChI=1S/C20H26ClN3O2/c1-3-11-24-13-16(12-17(24)18(25)22-4-2)23-19(26)20(9-10-20)14-5-7-15(21)8-6-14/h3,5-8,16-17H,1,4,9-13H2,2H3,(H,22,25)(H,23,26)/t16-,17-/m0/s1. The Morgan fingerprint density at radius 3 is 2.62 bits per heavy atom. The number of nitrogens with zero attached hydrogens (tertiary/aromatic N) is 1. The lowest BCUT2D eigenvalue weighted by atomic mass is 9.94. The minimum absolute atomic E-state index is 0.0185. The first-order valence-electron chi connectivity index (χ1n) is 9.20. The summed E-state index contributed by atoms with van der Waals surface area (Å²) in [7, 11) is 0. The Balaban J connectivity index is 1.66. The van der Waals surface area contributed by atoms with Gasteiger partial charge < -0.3 is 10.6 Å². The zero-order chi connectivity index (χ0) is 18.7. The molecular weight excluding hydrogens is 350 g/mol. The summed E-state index contributed by atoms with van der Waals surface area (Å²) in [6.07, 6.45) is 4.13. The highest BCUT2D eigenvalue weighted by Crippen LogP contribution is 2.48. The lowest BCUT2D eigenvalue weighted by Gasteiger charge is -2.21. The monoisotopic (exact) mass is 375 g/mol. The molecule has 1 aliphatic heterocycles. The third-order valence-corrected chi connectivity index (χ3v) is 5.59. The number of likely N-dealkylation sites (tertiary alicyclic amines) is 1. The maximum atomic E-state index is 13.0. The Labute approximate surface area is 159 Å². The van der Waals surface area contributed by atoms with Crippen LogP contribution in [0.2, 0.25) is 5.02 Å². The molecule has 1 saturated carbocycles. The molecule has 140 valence electrons. The zero-order valence-electron chi connectivity index (χ0n) is 15.1. The first-order chi connectivity index (χ1) is 12.5. The number of likely N-dealkylation sites (N-methyl/N-ethyl adjacent to an activating group) is 1. The van der Waals surface area contributed by atoms with Gasteiger partial charge in [-0.05, 0) is 43.9 Å². The normalized spacial score (nSPS) is 24.1. The molecule has 1 aliphatic carbocycles. The Kier molecular flexibility index (Phi) is 5.68. The van der Waals surface area contributed by atoms with Gasteiger partial charge in [-0.25, -0.2) is 0 Å². The van der Waals surface area contributed by atoms with E-state index in [2.05, 4.69) is 22.1 Å². The van der Waals surface area contributed by atoms with E-state index in [1.165, 1.54) is 0 Å². The molecule has 2 atom stereocenters. The van der Waals surface area contributed by atoms with Crippen LogP contribution in [0.1, 0.15) is 31.7 Å². The highest BCUT2D eigenvalue weighted by Gasteiger charge is 2.52. The molecule has 0 unspecified atom stereocenters. The second-order valence-corrected chi connectivity index (χ2v) is 7.58. The molecule has 0 radical (unpaired) electrons. The fourth-order valence-electron chi connectivity index (χ4n) is 3.80. The van der Waals surface area contributed by atoms with Crippen LogP contribution in [-0.4, -0.2) is 48.4 Å². The second kappa shape index (κ2) is 7.80. The van der Waals surface area contributed by atoms with Crippen LogP contribution in [0.3, 0.4) is 0 Å². The van der Waals surface area contributed by atoms with Crippen LogP contribution in [0, 0.1) is 0 Å². The molecule has 2 fully saturated rings. The van der Waals surface area contributed by atoms with Crippen LogP contribution < -0.4 is 10.6 Å². The molecule has 2 aliphatic rings. The summed E-state index contributed by atoms with van der Waals surface area (Å²) < 4.78 is 0. The predicted molar refractivity (Wildman–Crippen MR) is 103 cm³/mol. The van der Waals surface area contributed by atoms with Gasteiger partial charge in [0.15, 0.2) is 0 Å². The molecule has 0 aromatic heterocycles. The van der Waals surface area contributed by atoms with Crippen molar-refractivity contribution in [3.63, 3.8) is 0 Å². The van der Waals surface area contributed by atoms with Crippen LogP contribution in [0.15, 0.2) is 36.9 Å². The molecule has 0 spiro atoms. The number of hydrogen-bond donors (Lipinski definition) is 2. The SMILES string of the molecule is C=CCN1C[C@@H](NC(=O)C2(c3ccc(Cl)cc3)CC2)C[C@H]1C(=O)NCC. The van der Waals surface area contributed by atoms with Crippen molar-refractivity contribution in [3.05, 3.63) is 47.5 Å². The smallest absolute Gasteiger partial charge is 0.237 e. The van der Waals surface area contributed by atoms with Gasteiger partial charge in [0.25, 0.3) is 0 Å². The third-order valence-electron chi connectivity index (χ3n) is 5.34. The molecule has 1 aromatic carbocycles. The van der Waals surface area contributed by atoms with E-state index in [9.17, 15) is 9.59 Å². The van der Waals surface area contributed by atoms with E-state index in [-0.39, 0.29) is 23.9 Å². The number of rotatable bonds is 7. The summed E-state index contributed by atoms with van der Waals surface area (Å²) in [5.41, 5.74) is 0.582. The van der Waals surface area contributed by atoms with Gasteiger partial charge in [0.05, 0.1) is 11.5 Å². The highest BCUT2D eigenvalue weighted by atomic mass is 35.5. The van der Waals surface area contributed by atoms with E-state index in [0.717, 1.165) is 18.4 Å². The van der Waals surface area contributed by atoms with Crippen molar-refractivity contribution in [1.82, 2.24) is 15.5 Å². The molecule has 26 heavy (non-hydrogen) atoms. The van der Waals surface area contributed by atoms with E-state index < -0.39 is 5.41 Å². The average molecular weight is 376 g/mol. The van der Waals surface area contributed by atoms with Crippen molar-refractivity contribution in [1.29, 1.82) is 0 Å². The van der Waals surface area contributed by atoms with Gasteiger partial charge in [-0.1, -0.05) is 29.8 Å². The molecule has 5 nitrogen and oxygen atoms in total. The third kappa shape index (κ3) is 3.79. The van der Waals surface area contributed by atoms with Gasteiger partial charge in [-0.3, -0.25) is 14.5 Å². The molecule has 1 aromatic rings. The lowest BCUT2D eigenvalue weighted by Crippen LogP contribution is -2.43. The Hall–Kier alpha value is -1.85. The van der Waals surface area contributed by atoms with Crippen LogP contribution in [0.25, 0.3) is 0 Å². The van der Waals surface area contributed by atoms with Crippen molar-refractivity contribution >= 4 is 23.4 Å². The van der Waals surface area contributed by atoms with Crippen molar-refractivity contribution in [3.8, 4) is 0 Å². The molecule has 0 bridgehead atoms. The fraction of sp³-hybridized carbons (Fsp3) is 0.500. The molecule has 2 amide bonds. The van der Waals surface area contributed by atoms with Gasteiger partial charge in [0.1, 0.15) is 0 Å². The van der Waals surface area contributed by atoms with E-state index in [1.807, 2.05) is 31.2 Å². The van der Waals surface area contributed by atoms with Crippen LogP contribution >= 0.6 is 11.6 Å². The number of amides is 2. The molecule has 3 rings (SSSR count). The largest absolute Gasteiger partial charge is 0.355 e. The Bertz CT molecular complexity index is 685. The lowest BCUT2D eigenvalue weighted by molar-refractivity contribution is -0.126. The topological polar surface area (TPSA) is 61.4 Å². The van der Waals surface area contributed by atoms with Gasteiger partial charge in [-0.15, -0.1) is 6.58 Å². The number of nitrogens with one attached hydrogen (secondary N) is 2. The summed E-state index contributed by atoms with van der Waals surface area (Å²) >= 11 is 5.96. The quantitative estimate of drug-likeness (QED) is 0.718. The molecule has 2 N–H and O–H groups in total. The van der Waals surface area contributed by atoms with Crippen molar-refractivity contribution < 1.29 is 9.59 Å². The summed E-state index contributed by atoms with van der Waals surface area (Å²) in [4.78, 5) is 27.3. The highest BCUT2D eigenvalue weighted by molar-refractivity contribution is 6.30. The van der Waals surface area contributed by atoms with E-state index in [4.69, 9.17) is 11.6 Å². The van der Waals surface area contributed by atoms with Gasteiger partial charge in [0.2, 0.25) is 11.8 Å². The van der Waals surface area contributed by atoms with E-state index in [0.29, 0.717) is 31.1 Å². The molecular formula is C20H26ClN3O2. The summed E-state index contributed by atoms with van der Waals surface area (Å²) in [6.45, 7) is 7.59. The zero-order valence-corrected chi connectivity index (χ0v) is 15.9. The number of carbonyl (C=O) groups is 2. The number of benzene rings is 1. The van der Waals surface area contributed by atoms with Crippen molar-refractivity contribution in [2.45, 2.75) is 43.7 Å². The second-order valence-electron chi connectivity index (χ2n) is 7.15. The summed E-state index contributed by atoms with van der Waals surface area (Å²) in [5.74, 6) is 0.0739. The number of hydrogen-bond acceptors (Lipinski definition) is 3. The number of halogens is 1. The Morgan fingerprint density at radius 1 is 1.35 bits per heavy atom. The minimum Gasteiger partial charge on any atom is -0.355 e. The first kappa shape index (κ1) is 18.9. The molecule has 6 heteroatoms. The minimum atomic E-state index is -0.433. The number of carbonyl (C=O) groups excluding carboxylic acids is 2. The predicted octanol–water partition coefficient (Wildman–Crippen LogP) is 2.25. The van der Waals surface area contributed by atoms with Crippen molar-refractivity contribution in [2.75, 3.05) is 19.6 Å². The maximum absolute atomic E-state index is 13.0. The van der Waals surface area contributed by atoms with Crippen LogP contribution in [0.5, 0.6) is 0 Å². The van der Waals surface area contributed by atoms with Gasteiger partial charge >= 0.3 is 0 Å². The molecule has 1 saturated heterocycles. The first-order valence-corrected chi connectivity index (χ1v) is 9.57. The van der Waals surface area contributed by atoms with Crippen LogP contribution in [-0.2, 0) is 15.0 Å². The average Bonchev–Trinajstić information content (AvgIpc) is 3.33. The fourth-order valence-corrected chi connectivity index (χ4v) is 3.93. The molecule has 1 heterocycles. The maximum Gasteiger partial charge on any atom is 0.237 e. The van der Waals surface area contributed by atoms with Gasteiger partial charge in [0, 0.05) is 30.7 Å². The van der Waals surface area contributed by atoms with Crippen molar-refractivity contribution in [2.24, 2.45) is 0 Å². The van der Waals surface area contributed by atoms with E-state index >= 15 is 0 Å². The van der Waals surface area contributed by atoms with Gasteiger partial charge in [-0.2, -0.15) is 0 Å². The summed E-state index contributed by atoms with van der Waals surface area (Å²) in [6, 6.07) is 7.28. The summed E-state index contributed by atoms with van der Waals surface area (Å²) in [5, 5.41) is 6.74. The Morgan fingerprint density at radius 2 is 2.04 bits per heavy atom. The van der Waals surface area contributed by atoms with Crippen LogP contribution in [0.4, 0.5) is 0 Å². The van der Waals surface area contributed by atoms with E-state index in [1.54, 1.807) is 6.08 Å².